The van der Waals surface area contributed by atoms with Gasteiger partial charge in [0.05, 0.1) is 11.0 Å². The molecule has 0 aliphatic heterocycles. The molecule has 3 aromatic heterocycles. The summed E-state index contributed by atoms with van der Waals surface area (Å²) in [4.78, 5) is 29.2. The van der Waals surface area contributed by atoms with Gasteiger partial charge < -0.3 is 20.4 Å². The van der Waals surface area contributed by atoms with Gasteiger partial charge >= 0.3 is 11.5 Å². The van der Waals surface area contributed by atoms with E-state index in [1.165, 1.54) is 4.52 Å². The van der Waals surface area contributed by atoms with Crippen molar-refractivity contribution in [1.82, 2.24) is 24.1 Å². The van der Waals surface area contributed by atoms with Crippen molar-refractivity contribution in [3.05, 3.63) is 63.2 Å². The van der Waals surface area contributed by atoms with E-state index in [4.69, 9.17) is 0 Å². The molecule has 0 radical (unpaired) electrons. The minimum Gasteiger partial charge on any atom is -0.365 e. The Balaban J connectivity index is 1.54. The molecule has 0 saturated heterocycles. The topological polar surface area (TPSA) is 123 Å². The van der Waals surface area contributed by atoms with Crippen LogP contribution in [0.2, 0.25) is 0 Å². The van der Waals surface area contributed by atoms with Crippen LogP contribution >= 0.6 is 0 Å². The molecule has 0 aliphatic carbocycles. The van der Waals surface area contributed by atoms with Gasteiger partial charge in [-0.15, -0.1) is 0 Å². The number of benzene rings is 1. The van der Waals surface area contributed by atoms with Crippen LogP contribution in [0.4, 0.5) is 11.6 Å². The molecule has 0 fully saturated rings. The van der Waals surface area contributed by atoms with Crippen molar-refractivity contribution < 1.29 is 4.92 Å². The number of fused-ring (bicyclic) bond motifs is 2. The van der Waals surface area contributed by atoms with E-state index >= 15 is 0 Å². The standard InChI is InChI=1S/C15H13N7O3/c23-15-18-10-3-1-2-4-11(10)20(15)8-7-16-12-5-6-13-17-9-14(22(24)25)21(13)19-12/h1-6,9H,7-8H2,(H,16,19)(H,18,23). The number of rotatable bonds is 5. The SMILES string of the molecule is O=c1[nH]c2ccccc2n1CCNc1ccc2ncc([N+](=O)[O-])n2n1. The maximum Gasteiger partial charge on any atom is 0.368 e. The monoisotopic (exact) mass is 339 g/mol. The van der Waals surface area contributed by atoms with Crippen molar-refractivity contribution in [2.75, 3.05) is 11.9 Å². The number of para-hydroxylation sites is 2. The Kier molecular flexibility index (Phi) is 3.42. The number of anilines is 1. The molecule has 0 unspecified atom stereocenters. The first kappa shape index (κ1) is 14.9. The molecule has 1 aromatic carbocycles. The van der Waals surface area contributed by atoms with Crippen LogP contribution in [0.15, 0.2) is 47.4 Å². The zero-order valence-corrected chi connectivity index (χ0v) is 12.9. The average Bonchev–Trinajstić information content (AvgIpc) is 3.16. The van der Waals surface area contributed by atoms with Crippen molar-refractivity contribution in [3.63, 3.8) is 0 Å². The van der Waals surface area contributed by atoms with Crippen molar-refractivity contribution in [3.8, 4) is 0 Å². The minimum absolute atomic E-state index is 0.184. The summed E-state index contributed by atoms with van der Waals surface area (Å²) in [5.41, 5.74) is 1.81. The Morgan fingerprint density at radius 3 is 2.92 bits per heavy atom. The lowest BCUT2D eigenvalue weighted by Crippen LogP contribution is -2.21. The Morgan fingerprint density at radius 2 is 2.08 bits per heavy atom. The van der Waals surface area contributed by atoms with Gasteiger partial charge in [0.1, 0.15) is 6.20 Å². The number of aromatic amines is 1. The normalized spacial score (nSPS) is 11.2. The van der Waals surface area contributed by atoms with E-state index in [-0.39, 0.29) is 11.5 Å². The average molecular weight is 339 g/mol. The third-order valence-electron chi connectivity index (χ3n) is 3.85. The van der Waals surface area contributed by atoms with Gasteiger partial charge in [0.15, 0.2) is 5.82 Å². The summed E-state index contributed by atoms with van der Waals surface area (Å²) in [5, 5.41) is 18.2. The second-order valence-electron chi connectivity index (χ2n) is 5.39. The van der Waals surface area contributed by atoms with Gasteiger partial charge in [0.2, 0.25) is 5.65 Å². The Morgan fingerprint density at radius 1 is 1.24 bits per heavy atom. The summed E-state index contributed by atoms with van der Waals surface area (Å²) in [6, 6.07) is 10.8. The third kappa shape index (κ3) is 2.59. The second-order valence-corrected chi connectivity index (χ2v) is 5.39. The van der Waals surface area contributed by atoms with Gasteiger partial charge in [-0.3, -0.25) is 4.57 Å². The quantitative estimate of drug-likeness (QED) is 0.418. The molecule has 0 spiro atoms. The van der Waals surface area contributed by atoms with Crippen LogP contribution in [0.5, 0.6) is 0 Å². The summed E-state index contributed by atoms with van der Waals surface area (Å²) in [7, 11) is 0. The van der Waals surface area contributed by atoms with Gasteiger partial charge in [0.25, 0.3) is 0 Å². The predicted molar refractivity (Wildman–Crippen MR) is 90.7 cm³/mol. The van der Waals surface area contributed by atoms with E-state index in [1.807, 2.05) is 24.3 Å². The number of hydrogen-bond donors (Lipinski definition) is 2. The van der Waals surface area contributed by atoms with Gasteiger partial charge in [-0.05, 0) is 23.1 Å². The predicted octanol–water partition coefficient (Wildman–Crippen LogP) is 1.39. The second kappa shape index (κ2) is 5.74. The molecule has 10 nitrogen and oxygen atoms in total. The van der Waals surface area contributed by atoms with Crippen LogP contribution in [0.25, 0.3) is 16.7 Å². The first-order chi connectivity index (χ1) is 12.1. The molecule has 0 atom stereocenters. The van der Waals surface area contributed by atoms with Crippen molar-refractivity contribution >= 4 is 28.3 Å². The number of hydrogen-bond acceptors (Lipinski definition) is 6. The molecule has 126 valence electrons. The molecule has 0 aliphatic rings. The summed E-state index contributed by atoms with van der Waals surface area (Å²) in [5.74, 6) is 0.257. The summed E-state index contributed by atoms with van der Waals surface area (Å²) in [6.07, 6.45) is 1.16. The smallest absolute Gasteiger partial charge is 0.365 e. The highest BCUT2D eigenvalue weighted by Crippen LogP contribution is 2.14. The molecule has 3 heterocycles. The van der Waals surface area contributed by atoms with E-state index in [2.05, 4.69) is 20.4 Å². The number of nitrogens with one attached hydrogen (secondary N) is 2. The van der Waals surface area contributed by atoms with Crippen LogP contribution in [0, 0.1) is 10.1 Å². The van der Waals surface area contributed by atoms with E-state index in [1.54, 1.807) is 16.7 Å². The molecule has 2 N–H and O–H groups in total. The van der Waals surface area contributed by atoms with Gasteiger partial charge in [0, 0.05) is 19.2 Å². The van der Waals surface area contributed by atoms with Crippen LogP contribution in [-0.4, -0.2) is 35.6 Å². The zero-order chi connectivity index (χ0) is 17.4. The van der Waals surface area contributed by atoms with E-state index in [0.717, 1.165) is 17.2 Å². The van der Waals surface area contributed by atoms with Crippen molar-refractivity contribution in [2.45, 2.75) is 6.54 Å². The lowest BCUT2D eigenvalue weighted by molar-refractivity contribution is -0.391. The van der Waals surface area contributed by atoms with Crippen LogP contribution < -0.4 is 11.0 Å². The summed E-state index contributed by atoms with van der Waals surface area (Å²) in [6.45, 7) is 0.858. The molecule has 25 heavy (non-hydrogen) atoms. The third-order valence-corrected chi connectivity index (χ3v) is 3.85. The number of H-pyrrole nitrogens is 1. The first-order valence-electron chi connectivity index (χ1n) is 7.54. The molecule has 0 amide bonds. The maximum atomic E-state index is 12.0. The Bertz CT molecular complexity index is 1140. The number of imidazole rings is 2. The highest BCUT2D eigenvalue weighted by Gasteiger charge is 2.15. The highest BCUT2D eigenvalue weighted by atomic mass is 16.6. The van der Waals surface area contributed by atoms with Gasteiger partial charge in [-0.2, -0.15) is 0 Å². The van der Waals surface area contributed by atoms with Crippen molar-refractivity contribution in [1.29, 1.82) is 0 Å². The largest absolute Gasteiger partial charge is 0.368 e. The van der Waals surface area contributed by atoms with E-state index in [0.29, 0.717) is 24.6 Å². The van der Waals surface area contributed by atoms with Crippen LogP contribution in [0.3, 0.4) is 0 Å². The van der Waals surface area contributed by atoms with Crippen LogP contribution in [0.1, 0.15) is 0 Å². The van der Waals surface area contributed by atoms with Crippen molar-refractivity contribution in [2.24, 2.45) is 0 Å². The minimum atomic E-state index is -0.539. The molecular formula is C15H13N7O3. The fourth-order valence-electron chi connectivity index (χ4n) is 2.70. The van der Waals surface area contributed by atoms with Crippen LogP contribution in [-0.2, 0) is 6.54 Å². The number of nitrogens with zero attached hydrogens (tertiary/aromatic N) is 5. The Hall–Kier alpha value is -3.69. The molecule has 0 saturated carbocycles. The lowest BCUT2D eigenvalue weighted by Gasteiger charge is -2.05. The molecule has 4 aromatic rings. The van der Waals surface area contributed by atoms with Gasteiger partial charge in [-0.25, -0.2) is 9.78 Å². The fourth-order valence-corrected chi connectivity index (χ4v) is 2.70. The zero-order valence-electron chi connectivity index (χ0n) is 12.9. The van der Waals surface area contributed by atoms with E-state index < -0.39 is 4.92 Å². The highest BCUT2D eigenvalue weighted by molar-refractivity contribution is 5.74. The summed E-state index contributed by atoms with van der Waals surface area (Å²) < 4.78 is 2.79. The molecule has 4 rings (SSSR count). The van der Waals surface area contributed by atoms with Gasteiger partial charge in [-0.1, -0.05) is 21.7 Å². The number of aromatic nitrogens is 5. The molecule has 10 heteroatoms. The molecule has 0 bridgehead atoms. The first-order valence-corrected chi connectivity index (χ1v) is 7.54. The van der Waals surface area contributed by atoms with E-state index in [9.17, 15) is 14.9 Å². The molecular weight excluding hydrogens is 326 g/mol. The summed E-state index contributed by atoms with van der Waals surface area (Å²) >= 11 is 0. The number of nitro groups is 1. The fraction of sp³-hybridized carbons (Fsp3) is 0.133. The lowest BCUT2D eigenvalue weighted by atomic mass is 10.3. The maximum absolute atomic E-state index is 12.0. The Labute approximate surface area is 139 Å².